The highest BCUT2D eigenvalue weighted by Crippen LogP contribution is 2.09. The third kappa shape index (κ3) is 4.63. The Morgan fingerprint density at radius 3 is 2.62 bits per heavy atom. The molecule has 0 spiro atoms. The maximum absolute atomic E-state index is 4.59. The van der Waals surface area contributed by atoms with Crippen LogP contribution in [0.5, 0.6) is 0 Å². The normalized spacial score (nSPS) is 11.4. The minimum absolute atomic E-state index is 0.665. The summed E-state index contributed by atoms with van der Waals surface area (Å²) in [6, 6.07) is 10.2. The van der Waals surface area contributed by atoms with Crippen molar-refractivity contribution in [1.82, 2.24) is 20.4 Å². The van der Waals surface area contributed by atoms with Crippen molar-refractivity contribution in [2.75, 3.05) is 13.1 Å². The largest absolute Gasteiger partial charge is 0.357 e. The molecule has 1 heterocycles. The summed E-state index contributed by atoms with van der Waals surface area (Å²) in [5.74, 6) is 0.871. The van der Waals surface area contributed by atoms with Gasteiger partial charge in [0.1, 0.15) is 0 Å². The smallest absolute Gasteiger partial charge is 0.191 e. The van der Waals surface area contributed by atoms with E-state index in [1.807, 2.05) is 16.9 Å². The maximum atomic E-state index is 4.59. The van der Waals surface area contributed by atoms with E-state index in [1.54, 1.807) is 6.20 Å². The molecule has 5 heteroatoms. The molecule has 1 aromatic heterocycles. The average Bonchev–Trinajstić information content (AvgIpc) is 3.05. The second-order valence-corrected chi connectivity index (χ2v) is 4.74. The fraction of sp³-hybridized carbons (Fsp3) is 0.375. The van der Waals surface area contributed by atoms with Gasteiger partial charge in [0.05, 0.1) is 12.2 Å². The van der Waals surface area contributed by atoms with Crippen LogP contribution >= 0.6 is 0 Å². The molecule has 0 atom stereocenters. The van der Waals surface area contributed by atoms with Crippen LogP contribution in [0.1, 0.15) is 25.8 Å². The summed E-state index contributed by atoms with van der Waals surface area (Å²) in [5.41, 5.74) is 2.24. The van der Waals surface area contributed by atoms with E-state index in [0.29, 0.717) is 6.54 Å². The van der Waals surface area contributed by atoms with E-state index in [9.17, 15) is 0 Å². The highest BCUT2D eigenvalue weighted by atomic mass is 15.3. The van der Waals surface area contributed by atoms with Crippen LogP contribution in [0.15, 0.2) is 47.7 Å². The molecule has 21 heavy (non-hydrogen) atoms. The Labute approximate surface area is 126 Å². The predicted molar refractivity (Wildman–Crippen MR) is 86.7 cm³/mol. The first-order chi connectivity index (χ1) is 10.3. The van der Waals surface area contributed by atoms with Gasteiger partial charge >= 0.3 is 0 Å². The van der Waals surface area contributed by atoms with Crippen LogP contribution in [0.4, 0.5) is 0 Å². The number of guanidine groups is 1. The SMILES string of the molecule is CCCNC(=NCc1ccc(-n2cccn2)cc1)NCC. The van der Waals surface area contributed by atoms with E-state index >= 15 is 0 Å². The van der Waals surface area contributed by atoms with E-state index in [0.717, 1.165) is 31.2 Å². The van der Waals surface area contributed by atoms with Crippen LogP contribution in [0.2, 0.25) is 0 Å². The van der Waals surface area contributed by atoms with Crippen LogP contribution in [-0.4, -0.2) is 28.8 Å². The first kappa shape index (κ1) is 15.1. The highest BCUT2D eigenvalue weighted by molar-refractivity contribution is 5.79. The van der Waals surface area contributed by atoms with Gasteiger partial charge in [0.25, 0.3) is 0 Å². The van der Waals surface area contributed by atoms with Crippen molar-refractivity contribution in [3.63, 3.8) is 0 Å². The molecule has 2 aromatic rings. The monoisotopic (exact) mass is 285 g/mol. The Morgan fingerprint density at radius 2 is 2.00 bits per heavy atom. The number of hydrogen-bond donors (Lipinski definition) is 2. The number of aromatic nitrogens is 2. The molecule has 0 saturated carbocycles. The Bertz CT molecular complexity index is 543. The van der Waals surface area contributed by atoms with Gasteiger partial charge in [-0.3, -0.25) is 0 Å². The number of benzene rings is 1. The number of nitrogens with one attached hydrogen (secondary N) is 2. The average molecular weight is 285 g/mol. The lowest BCUT2D eigenvalue weighted by Crippen LogP contribution is -2.37. The van der Waals surface area contributed by atoms with Crippen molar-refractivity contribution >= 4 is 5.96 Å². The first-order valence-corrected chi connectivity index (χ1v) is 7.44. The number of aliphatic imine (C=N–C) groups is 1. The molecule has 0 unspecified atom stereocenters. The second kappa shape index (κ2) is 8.09. The van der Waals surface area contributed by atoms with Gasteiger partial charge in [-0.05, 0) is 37.1 Å². The summed E-state index contributed by atoms with van der Waals surface area (Å²) < 4.78 is 1.85. The molecule has 0 fully saturated rings. The van der Waals surface area contributed by atoms with Gasteiger partial charge in [-0.1, -0.05) is 19.1 Å². The third-order valence-electron chi connectivity index (χ3n) is 3.01. The lowest BCUT2D eigenvalue weighted by atomic mass is 10.2. The maximum Gasteiger partial charge on any atom is 0.191 e. The summed E-state index contributed by atoms with van der Waals surface area (Å²) in [5, 5.41) is 10.8. The molecule has 0 aliphatic rings. The summed E-state index contributed by atoms with van der Waals surface area (Å²) >= 11 is 0. The van der Waals surface area contributed by atoms with Crippen molar-refractivity contribution in [2.45, 2.75) is 26.8 Å². The zero-order chi connectivity index (χ0) is 14.9. The Hall–Kier alpha value is -2.30. The minimum atomic E-state index is 0.665. The molecule has 1 aromatic carbocycles. The minimum Gasteiger partial charge on any atom is -0.357 e. The summed E-state index contributed by atoms with van der Waals surface area (Å²) in [4.78, 5) is 4.59. The van der Waals surface area contributed by atoms with Crippen LogP contribution in [-0.2, 0) is 6.54 Å². The standard InChI is InChI=1S/C16H23N5/c1-3-10-18-16(17-4-2)19-13-14-6-8-15(9-7-14)21-12-5-11-20-21/h5-9,11-12H,3-4,10,13H2,1-2H3,(H2,17,18,19). The molecule has 0 amide bonds. The molecular formula is C16H23N5. The molecule has 0 bridgehead atoms. The van der Waals surface area contributed by atoms with Gasteiger partial charge in [0.15, 0.2) is 5.96 Å². The third-order valence-corrected chi connectivity index (χ3v) is 3.01. The number of rotatable bonds is 6. The molecule has 112 valence electrons. The Morgan fingerprint density at radius 1 is 1.19 bits per heavy atom. The van der Waals surface area contributed by atoms with E-state index in [1.165, 1.54) is 5.56 Å². The quantitative estimate of drug-likeness (QED) is 0.633. The van der Waals surface area contributed by atoms with Gasteiger partial charge in [0, 0.05) is 25.5 Å². The van der Waals surface area contributed by atoms with Crippen molar-refractivity contribution in [1.29, 1.82) is 0 Å². The fourth-order valence-electron chi connectivity index (χ4n) is 1.93. The van der Waals surface area contributed by atoms with E-state index < -0.39 is 0 Å². The first-order valence-electron chi connectivity index (χ1n) is 7.44. The molecule has 0 radical (unpaired) electrons. The van der Waals surface area contributed by atoms with Crippen LogP contribution in [0.25, 0.3) is 5.69 Å². The van der Waals surface area contributed by atoms with Crippen LogP contribution < -0.4 is 10.6 Å². The molecule has 0 aliphatic carbocycles. The van der Waals surface area contributed by atoms with E-state index in [4.69, 9.17) is 0 Å². The zero-order valence-electron chi connectivity index (χ0n) is 12.7. The van der Waals surface area contributed by atoms with Crippen molar-refractivity contribution in [3.8, 4) is 5.69 Å². The Balaban J connectivity index is 1.98. The van der Waals surface area contributed by atoms with Crippen molar-refractivity contribution < 1.29 is 0 Å². The van der Waals surface area contributed by atoms with Crippen LogP contribution in [0, 0.1) is 0 Å². The van der Waals surface area contributed by atoms with Gasteiger partial charge < -0.3 is 10.6 Å². The van der Waals surface area contributed by atoms with E-state index in [2.05, 4.69) is 58.8 Å². The van der Waals surface area contributed by atoms with Crippen molar-refractivity contribution in [2.24, 2.45) is 4.99 Å². The highest BCUT2D eigenvalue weighted by Gasteiger charge is 1.98. The second-order valence-electron chi connectivity index (χ2n) is 4.74. The number of hydrogen-bond acceptors (Lipinski definition) is 2. The summed E-state index contributed by atoms with van der Waals surface area (Å²) in [6.45, 7) is 6.68. The van der Waals surface area contributed by atoms with Crippen molar-refractivity contribution in [3.05, 3.63) is 48.3 Å². The summed E-state index contributed by atoms with van der Waals surface area (Å²) in [7, 11) is 0. The van der Waals surface area contributed by atoms with Gasteiger partial charge in [-0.15, -0.1) is 0 Å². The van der Waals surface area contributed by atoms with Gasteiger partial charge in [-0.2, -0.15) is 5.10 Å². The molecule has 5 nitrogen and oxygen atoms in total. The molecular weight excluding hydrogens is 262 g/mol. The fourth-order valence-corrected chi connectivity index (χ4v) is 1.93. The lowest BCUT2D eigenvalue weighted by Gasteiger charge is -2.10. The Kier molecular flexibility index (Phi) is 5.82. The molecule has 0 saturated heterocycles. The molecule has 2 N–H and O–H groups in total. The summed E-state index contributed by atoms with van der Waals surface area (Å²) in [6.07, 6.45) is 4.80. The molecule has 0 aliphatic heterocycles. The molecule has 2 rings (SSSR count). The predicted octanol–water partition coefficient (Wildman–Crippen LogP) is 2.34. The topological polar surface area (TPSA) is 54.2 Å². The van der Waals surface area contributed by atoms with Gasteiger partial charge in [-0.25, -0.2) is 9.67 Å². The lowest BCUT2D eigenvalue weighted by molar-refractivity contribution is 0.785. The van der Waals surface area contributed by atoms with E-state index in [-0.39, 0.29) is 0 Å². The van der Waals surface area contributed by atoms with Crippen LogP contribution in [0.3, 0.4) is 0 Å². The zero-order valence-corrected chi connectivity index (χ0v) is 12.7. The van der Waals surface area contributed by atoms with Gasteiger partial charge in [0.2, 0.25) is 0 Å². The number of nitrogens with zero attached hydrogens (tertiary/aromatic N) is 3.